The highest BCUT2D eigenvalue weighted by molar-refractivity contribution is 7.09. The van der Waals surface area contributed by atoms with Crippen molar-refractivity contribution >= 4 is 11.3 Å². The number of aromatic nitrogens is 1. The second kappa shape index (κ2) is 9.50. The molecule has 2 aliphatic rings. The van der Waals surface area contributed by atoms with E-state index in [1.165, 1.54) is 6.08 Å². The third kappa shape index (κ3) is 5.02. The van der Waals surface area contributed by atoms with Gasteiger partial charge in [-0.25, -0.2) is 13.8 Å². The molecule has 1 N–H and O–H groups in total. The summed E-state index contributed by atoms with van der Waals surface area (Å²) in [4.78, 5) is 15.6. The zero-order valence-corrected chi connectivity index (χ0v) is 17.3. The van der Waals surface area contributed by atoms with Crippen LogP contribution in [0.2, 0.25) is 0 Å². The summed E-state index contributed by atoms with van der Waals surface area (Å²) in [7, 11) is 1.72. The van der Waals surface area contributed by atoms with Crippen molar-refractivity contribution in [3.8, 4) is 0 Å². The van der Waals surface area contributed by atoms with Crippen molar-refractivity contribution in [2.24, 2.45) is 17.0 Å². The SMILES string of the molecule is CNCCCC(F)(F)C(/C=C/C1CC[C@@H]2OC(c3nc(C)cs3)CC[C@H]12)N=O. The Bertz CT molecular complexity index is 682. The molecule has 2 heterocycles. The largest absolute Gasteiger partial charge is 0.367 e. The van der Waals surface area contributed by atoms with Crippen molar-refractivity contribution in [3.05, 3.63) is 33.1 Å². The lowest BCUT2D eigenvalue weighted by molar-refractivity contribution is -0.0763. The van der Waals surface area contributed by atoms with E-state index in [2.05, 4.69) is 15.5 Å². The fraction of sp³-hybridized carbons (Fsp3) is 0.750. The van der Waals surface area contributed by atoms with E-state index in [1.54, 1.807) is 24.5 Å². The molecular weight excluding hydrogens is 384 g/mol. The number of nitrogens with one attached hydrogen (secondary N) is 1. The average molecular weight is 414 g/mol. The van der Waals surface area contributed by atoms with Crippen LogP contribution in [-0.4, -0.2) is 36.6 Å². The fourth-order valence-electron chi connectivity index (χ4n) is 4.34. The van der Waals surface area contributed by atoms with Crippen LogP contribution in [0, 0.1) is 23.7 Å². The molecule has 156 valence electrons. The van der Waals surface area contributed by atoms with Crippen LogP contribution in [0.15, 0.2) is 22.7 Å². The second-order valence-corrected chi connectivity index (χ2v) is 8.77. The number of ether oxygens (including phenoxy) is 1. The summed E-state index contributed by atoms with van der Waals surface area (Å²) < 4.78 is 34.8. The summed E-state index contributed by atoms with van der Waals surface area (Å²) in [5.41, 5.74) is 1.01. The normalized spacial score (nSPS) is 29.1. The number of nitrogens with zero attached hydrogens (tertiary/aromatic N) is 2. The molecule has 5 atom stereocenters. The van der Waals surface area contributed by atoms with Crippen molar-refractivity contribution in [2.75, 3.05) is 13.6 Å². The number of alkyl halides is 2. The molecular formula is C20H29F2N3O2S. The molecule has 1 aliphatic heterocycles. The summed E-state index contributed by atoms with van der Waals surface area (Å²) in [6, 6.07) is -1.60. The Morgan fingerprint density at radius 3 is 2.93 bits per heavy atom. The van der Waals surface area contributed by atoms with Crippen molar-refractivity contribution < 1.29 is 13.5 Å². The number of nitroso groups, excluding NO2 is 1. The molecule has 1 aromatic heterocycles. The molecule has 1 aliphatic carbocycles. The lowest BCUT2D eigenvalue weighted by Gasteiger charge is -2.33. The summed E-state index contributed by atoms with van der Waals surface area (Å²) in [6.07, 6.45) is 6.96. The van der Waals surface area contributed by atoms with E-state index in [1.807, 2.05) is 12.3 Å². The molecule has 0 amide bonds. The molecule has 0 aromatic carbocycles. The van der Waals surface area contributed by atoms with Gasteiger partial charge in [0.1, 0.15) is 11.1 Å². The van der Waals surface area contributed by atoms with Gasteiger partial charge in [-0.3, -0.25) is 0 Å². The van der Waals surface area contributed by atoms with Crippen molar-refractivity contribution in [2.45, 2.75) is 69.6 Å². The Balaban J connectivity index is 1.57. The number of allylic oxidation sites excluding steroid dienone is 1. The monoisotopic (exact) mass is 413 g/mol. The standard InChI is InChI=1S/C20H29F2N3O2S/c1-13-12-28-19(24-13)17-8-6-15-14(4-7-16(15)27-17)5-9-18(25-26)20(21,22)10-3-11-23-2/h5,9,12,14-18,23H,3-4,6-8,10-11H2,1-2H3/b9-5+/t14?,15-,16+,17?,18?/m1/s1. The van der Waals surface area contributed by atoms with Crippen LogP contribution in [0.4, 0.5) is 8.78 Å². The van der Waals surface area contributed by atoms with Gasteiger partial charge in [0, 0.05) is 17.5 Å². The highest BCUT2D eigenvalue weighted by Crippen LogP contribution is 2.46. The zero-order valence-electron chi connectivity index (χ0n) is 16.4. The molecule has 3 unspecified atom stereocenters. The first kappa shape index (κ1) is 21.5. The van der Waals surface area contributed by atoms with Gasteiger partial charge in [0.05, 0.1) is 6.10 Å². The van der Waals surface area contributed by atoms with Gasteiger partial charge in [0.2, 0.25) is 0 Å². The van der Waals surface area contributed by atoms with E-state index < -0.39 is 12.0 Å². The van der Waals surface area contributed by atoms with Gasteiger partial charge in [-0.15, -0.1) is 16.2 Å². The molecule has 0 radical (unpaired) electrons. The van der Waals surface area contributed by atoms with E-state index in [0.29, 0.717) is 18.9 Å². The first-order chi connectivity index (χ1) is 13.4. The third-order valence-electron chi connectivity index (χ3n) is 5.85. The van der Waals surface area contributed by atoms with E-state index in [9.17, 15) is 13.7 Å². The topological polar surface area (TPSA) is 63.6 Å². The van der Waals surface area contributed by atoms with Crippen LogP contribution >= 0.6 is 11.3 Å². The maximum absolute atomic E-state index is 14.3. The molecule has 8 heteroatoms. The molecule has 2 fully saturated rings. The molecule has 1 saturated carbocycles. The lowest BCUT2D eigenvalue weighted by Crippen LogP contribution is -2.32. The summed E-state index contributed by atoms with van der Waals surface area (Å²) in [5.74, 6) is -2.62. The number of hydrogen-bond acceptors (Lipinski definition) is 6. The predicted molar refractivity (Wildman–Crippen MR) is 107 cm³/mol. The molecule has 0 bridgehead atoms. The van der Waals surface area contributed by atoms with E-state index in [0.717, 1.165) is 36.4 Å². The Morgan fingerprint density at radius 2 is 2.25 bits per heavy atom. The quantitative estimate of drug-likeness (QED) is 0.351. The fourth-order valence-corrected chi connectivity index (χ4v) is 5.21. The second-order valence-electron chi connectivity index (χ2n) is 7.88. The highest BCUT2D eigenvalue weighted by atomic mass is 32.1. The van der Waals surface area contributed by atoms with Crippen LogP contribution in [0.5, 0.6) is 0 Å². The minimum atomic E-state index is -3.11. The van der Waals surface area contributed by atoms with Crippen LogP contribution in [0.25, 0.3) is 0 Å². The van der Waals surface area contributed by atoms with Gasteiger partial charge in [-0.05, 0) is 64.5 Å². The minimum absolute atomic E-state index is 0.0450. The summed E-state index contributed by atoms with van der Waals surface area (Å²) >= 11 is 1.63. The molecule has 0 spiro atoms. The molecule has 3 rings (SSSR count). The van der Waals surface area contributed by atoms with Crippen LogP contribution in [0.3, 0.4) is 0 Å². The third-order valence-corrected chi connectivity index (χ3v) is 6.90. The van der Waals surface area contributed by atoms with Gasteiger partial charge >= 0.3 is 0 Å². The van der Waals surface area contributed by atoms with E-state index in [-0.39, 0.29) is 24.5 Å². The summed E-state index contributed by atoms with van der Waals surface area (Å²) in [5, 5.41) is 8.62. The number of thiazole rings is 1. The Kier molecular flexibility index (Phi) is 7.28. The van der Waals surface area contributed by atoms with Crippen LogP contribution in [0.1, 0.15) is 55.3 Å². The zero-order chi connectivity index (χ0) is 20.1. The lowest BCUT2D eigenvalue weighted by atomic mass is 9.86. The number of rotatable bonds is 9. The van der Waals surface area contributed by atoms with Gasteiger partial charge < -0.3 is 10.1 Å². The number of hydrogen-bond donors (Lipinski definition) is 1. The van der Waals surface area contributed by atoms with Gasteiger partial charge in [0.15, 0.2) is 6.04 Å². The van der Waals surface area contributed by atoms with Gasteiger partial charge in [-0.2, -0.15) is 0 Å². The maximum atomic E-state index is 14.3. The minimum Gasteiger partial charge on any atom is -0.367 e. The van der Waals surface area contributed by atoms with E-state index in [4.69, 9.17) is 4.74 Å². The highest BCUT2D eigenvalue weighted by Gasteiger charge is 2.42. The molecule has 5 nitrogen and oxygen atoms in total. The Morgan fingerprint density at radius 1 is 1.43 bits per heavy atom. The Labute approximate surface area is 168 Å². The smallest absolute Gasteiger partial charge is 0.277 e. The average Bonchev–Trinajstić information content (AvgIpc) is 3.28. The van der Waals surface area contributed by atoms with Crippen molar-refractivity contribution in [3.63, 3.8) is 0 Å². The first-order valence-electron chi connectivity index (χ1n) is 10.0. The number of halogens is 2. The van der Waals surface area contributed by atoms with Gasteiger partial charge in [-0.1, -0.05) is 17.3 Å². The molecule has 1 saturated heterocycles. The predicted octanol–water partition coefficient (Wildman–Crippen LogP) is 5.02. The first-order valence-corrected chi connectivity index (χ1v) is 10.9. The van der Waals surface area contributed by atoms with E-state index >= 15 is 0 Å². The van der Waals surface area contributed by atoms with Crippen molar-refractivity contribution in [1.82, 2.24) is 10.3 Å². The molecule has 1 aromatic rings. The maximum Gasteiger partial charge on any atom is 0.277 e. The Hall–Kier alpha value is -1.25. The number of aryl methyl sites for hydroxylation is 1. The summed E-state index contributed by atoms with van der Waals surface area (Å²) in [6.45, 7) is 2.47. The van der Waals surface area contributed by atoms with Crippen LogP contribution in [-0.2, 0) is 4.74 Å². The molecule has 28 heavy (non-hydrogen) atoms. The van der Waals surface area contributed by atoms with Gasteiger partial charge in [0.25, 0.3) is 5.92 Å². The van der Waals surface area contributed by atoms with Crippen molar-refractivity contribution in [1.29, 1.82) is 0 Å². The number of fused-ring (bicyclic) bond motifs is 1. The van der Waals surface area contributed by atoms with Crippen LogP contribution < -0.4 is 5.32 Å².